The van der Waals surface area contributed by atoms with Gasteiger partial charge in [0, 0.05) is 18.1 Å². The van der Waals surface area contributed by atoms with Crippen LogP contribution in [0, 0.1) is 5.92 Å². The molecule has 0 radical (unpaired) electrons. The molecule has 0 aliphatic carbocycles. The van der Waals surface area contributed by atoms with Gasteiger partial charge in [-0.3, -0.25) is 4.79 Å². The van der Waals surface area contributed by atoms with E-state index in [1.54, 1.807) is 11.8 Å². The van der Waals surface area contributed by atoms with Crippen LogP contribution in [0.15, 0.2) is 5.16 Å². The second kappa shape index (κ2) is 4.16. The first-order valence-corrected chi connectivity index (χ1v) is 6.60. The Balaban J connectivity index is 2.30. The molecule has 84 valence electrons. The zero-order valence-electron chi connectivity index (χ0n) is 9.28. The van der Waals surface area contributed by atoms with Gasteiger partial charge in [0.25, 0.3) is 0 Å². The Morgan fingerprint density at radius 1 is 1.67 bits per heavy atom. The average molecular weight is 227 g/mol. The first kappa shape index (κ1) is 11.0. The lowest BCUT2D eigenvalue weighted by atomic mass is 9.86. The number of carbonyl (C=O) groups is 1. The molecule has 0 amide bonds. The fourth-order valence-corrected chi connectivity index (χ4v) is 4.14. The Kier molecular flexibility index (Phi) is 3.05. The van der Waals surface area contributed by atoms with Crippen molar-refractivity contribution in [1.82, 2.24) is 0 Å². The van der Waals surface area contributed by atoms with E-state index < -0.39 is 0 Å². The van der Waals surface area contributed by atoms with E-state index in [1.165, 1.54) is 0 Å². The van der Waals surface area contributed by atoms with Crippen LogP contribution in [0.3, 0.4) is 0 Å². The van der Waals surface area contributed by atoms with E-state index in [2.05, 4.69) is 12.1 Å². The molecule has 2 aliphatic rings. The van der Waals surface area contributed by atoms with Gasteiger partial charge in [-0.2, -0.15) is 0 Å². The summed E-state index contributed by atoms with van der Waals surface area (Å²) in [7, 11) is 0. The molecule has 0 bridgehead atoms. The number of carbonyl (C=O) groups excluding carboxylic acids is 1. The zero-order chi connectivity index (χ0) is 10.9. The molecule has 0 aromatic carbocycles. The maximum atomic E-state index is 12.1. The number of nitrogens with zero attached hydrogens (tertiary/aromatic N) is 1. The van der Waals surface area contributed by atoms with Gasteiger partial charge in [-0.15, -0.1) is 11.8 Å². The third-order valence-electron chi connectivity index (χ3n) is 3.14. The minimum atomic E-state index is -0.343. The van der Waals surface area contributed by atoms with Crippen molar-refractivity contribution in [2.45, 2.75) is 37.9 Å². The van der Waals surface area contributed by atoms with Crippen molar-refractivity contribution in [3.8, 4) is 0 Å². The van der Waals surface area contributed by atoms with Crippen LogP contribution in [0.1, 0.15) is 33.1 Å². The fourth-order valence-electron chi connectivity index (χ4n) is 2.40. The lowest BCUT2D eigenvalue weighted by Gasteiger charge is -2.25. The van der Waals surface area contributed by atoms with E-state index in [0.717, 1.165) is 24.3 Å². The standard InChI is InChI=1S/C11H17NO2S/c1-3-5-11(9(13)4-2)10-8(7-15-11)6-14-12-10/h8H,3-7H2,1-2H3/t8-,11+/m1/s1. The topological polar surface area (TPSA) is 38.7 Å². The molecular formula is C11H17NO2S. The summed E-state index contributed by atoms with van der Waals surface area (Å²) in [5.74, 6) is 1.70. The second-order valence-corrected chi connectivity index (χ2v) is 5.45. The predicted octanol–water partition coefficient (Wildman–Crippen LogP) is 2.25. The van der Waals surface area contributed by atoms with Gasteiger partial charge in [0.2, 0.25) is 0 Å². The van der Waals surface area contributed by atoms with Crippen LogP contribution in [-0.2, 0) is 9.63 Å². The van der Waals surface area contributed by atoms with Crippen molar-refractivity contribution in [3.05, 3.63) is 0 Å². The molecule has 0 N–H and O–H groups in total. The van der Waals surface area contributed by atoms with Crippen molar-refractivity contribution in [2.24, 2.45) is 11.1 Å². The van der Waals surface area contributed by atoms with E-state index >= 15 is 0 Å². The number of hydrogen-bond acceptors (Lipinski definition) is 4. The maximum absolute atomic E-state index is 12.1. The highest BCUT2D eigenvalue weighted by Crippen LogP contribution is 2.45. The molecule has 2 atom stereocenters. The summed E-state index contributed by atoms with van der Waals surface area (Å²) in [5, 5.41) is 4.11. The van der Waals surface area contributed by atoms with Crippen molar-refractivity contribution in [3.63, 3.8) is 0 Å². The number of Topliss-reactive ketones (excluding diaryl/α,β-unsaturated/α-hetero) is 1. The summed E-state index contributed by atoms with van der Waals surface area (Å²) in [6.07, 6.45) is 2.52. The van der Waals surface area contributed by atoms with Crippen molar-refractivity contribution in [1.29, 1.82) is 0 Å². The summed E-state index contributed by atoms with van der Waals surface area (Å²) < 4.78 is -0.343. The molecule has 0 saturated carbocycles. The van der Waals surface area contributed by atoms with Crippen LogP contribution in [-0.4, -0.2) is 28.6 Å². The van der Waals surface area contributed by atoms with E-state index in [0.29, 0.717) is 24.7 Å². The predicted molar refractivity (Wildman–Crippen MR) is 62.3 cm³/mol. The zero-order valence-corrected chi connectivity index (χ0v) is 10.1. The third kappa shape index (κ3) is 1.59. The Hall–Kier alpha value is -0.510. The van der Waals surface area contributed by atoms with Gasteiger partial charge in [0.1, 0.15) is 11.4 Å². The van der Waals surface area contributed by atoms with Crippen LogP contribution >= 0.6 is 11.8 Å². The molecule has 0 spiro atoms. The normalized spacial score (nSPS) is 33.5. The first-order valence-electron chi connectivity index (χ1n) is 5.62. The van der Waals surface area contributed by atoms with Gasteiger partial charge >= 0.3 is 0 Å². The molecular weight excluding hydrogens is 210 g/mol. The summed E-state index contributed by atoms with van der Waals surface area (Å²) >= 11 is 1.78. The highest BCUT2D eigenvalue weighted by molar-refractivity contribution is 8.02. The van der Waals surface area contributed by atoms with Gasteiger partial charge in [-0.25, -0.2) is 0 Å². The Labute approximate surface area is 94.6 Å². The minimum absolute atomic E-state index is 0.320. The third-order valence-corrected chi connectivity index (χ3v) is 4.85. The molecule has 15 heavy (non-hydrogen) atoms. The summed E-state index contributed by atoms with van der Waals surface area (Å²) in [6, 6.07) is 0. The molecule has 0 unspecified atom stereocenters. The van der Waals surface area contributed by atoms with Gasteiger partial charge < -0.3 is 4.84 Å². The highest BCUT2D eigenvalue weighted by atomic mass is 32.2. The lowest BCUT2D eigenvalue weighted by Crippen LogP contribution is -2.41. The first-order chi connectivity index (χ1) is 7.24. The fraction of sp³-hybridized carbons (Fsp3) is 0.818. The maximum Gasteiger partial charge on any atom is 0.154 e. The monoisotopic (exact) mass is 227 g/mol. The van der Waals surface area contributed by atoms with E-state index in [9.17, 15) is 4.79 Å². The Morgan fingerprint density at radius 2 is 2.47 bits per heavy atom. The quantitative estimate of drug-likeness (QED) is 0.739. The lowest BCUT2D eigenvalue weighted by molar-refractivity contribution is -0.119. The number of oxime groups is 1. The molecule has 0 aromatic rings. The number of hydrogen-bond donors (Lipinski definition) is 0. The Morgan fingerprint density at radius 3 is 3.13 bits per heavy atom. The summed E-state index contributed by atoms with van der Waals surface area (Å²) in [4.78, 5) is 17.2. The molecule has 1 fully saturated rings. The minimum Gasteiger partial charge on any atom is -0.395 e. The summed E-state index contributed by atoms with van der Waals surface area (Å²) in [6.45, 7) is 4.73. The van der Waals surface area contributed by atoms with Crippen molar-refractivity contribution >= 4 is 23.3 Å². The van der Waals surface area contributed by atoms with Crippen LogP contribution in [0.5, 0.6) is 0 Å². The highest BCUT2D eigenvalue weighted by Gasteiger charge is 2.52. The van der Waals surface area contributed by atoms with E-state index in [-0.39, 0.29) is 4.75 Å². The molecule has 0 aromatic heterocycles. The molecule has 2 aliphatic heterocycles. The van der Waals surface area contributed by atoms with Gasteiger partial charge in [-0.05, 0) is 6.42 Å². The number of fused-ring (bicyclic) bond motifs is 1. The van der Waals surface area contributed by atoms with Crippen LogP contribution in [0.25, 0.3) is 0 Å². The van der Waals surface area contributed by atoms with Crippen molar-refractivity contribution < 1.29 is 9.63 Å². The molecule has 2 rings (SSSR count). The molecule has 4 heteroatoms. The van der Waals surface area contributed by atoms with E-state index in [4.69, 9.17) is 4.84 Å². The average Bonchev–Trinajstić information content (AvgIpc) is 2.81. The molecule has 3 nitrogen and oxygen atoms in total. The number of ketones is 1. The van der Waals surface area contributed by atoms with Crippen LogP contribution in [0.4, 0.5) is 0 Å². The summed E-state index contributed by atoms with van der Waals surface area (Å²) in [5.41, 5.74) is 1.02. The SMILES string of the molecule is CCC[C@@]1(C(=O)CC)SC[C@H]2CON=C21. The van der Waals surface area contributed by atoms with Crippen LogP contribution < -0.4 is 0 Å². The smallest absolute Gasteiger partial charge is 0.154 e. The van der Waals surface area contributed by atoms with Gasteiger partial charge in [0.05, 0.1) is 5.71 Å². The second-order valence-electron chi connectivity index (χ2n) is 4.13. The van der Waals surface area contributed by atoms with Gasteiger partial charge in [0.15, 0.2) is 5.78 Å². The molecule has 2 heterocycles. The molecule has 1 saturated heterocycles. The number of thioether (sulfide) groups is 1. The number of rotatable bonds is 4. The van der Waals surface area contributed by atoms with E-state index in [1.807, 2.05) is 6.92 Å². The van der Waals surface area contributed by atoms with Gasteiger partial charge in [-0.1, -0.05) is 25.4 Å². The van der Waals surface area contributed by atoms with Crippen molar-refractivity contribution in [2.75, 3.05) is 12.4 Å². The Bertz CT molecular complexity index is 299. The van der Waals surface area contributed by atoms with Crippen LogP contribution in [0.2, 0.25) is 0 Å². The largest absolute Gasteiger partial charge is 0.395 e.